The molecule has 3 aromatic heterocycles. The van der Waals surface area contributed by atoms with E-state index in [9.17, 15) is 14.4 Å². The third-order valence-corrected chi connectivity index (χ3v) is 8.05. The largest absolute Gasteiger partial charge is 0.444 e. The second kappa shape index (κ2) is 12.7. The molecule has 12 heteroatoms. The number of anilines is 1. The standard InChI is InChI=1S/C35H38N8O4/c1-6-7-20-42-29-30(39-32(42)41-19-13-16-24(21-41)36-33(45)47-35(2,3)4)40(5)34(46)43(31(29)44)22-27-37-26-18-12-11-17-25(26)28(38-27)23-14-9-8-10-15-23/h8-12,14-15,17-18,24H,13,16,19-22H2,1-5H3,(H,36,45). The summed E-state index contributed by atoms with van der Waals surface area (Å²) in [6.07, 6.45) is 1.08. The van der Waals surface area contributed by atoms with Crippen LogP contribution in [0.15, 0.2) is 64.2 Å². The van der Waals surface area contributed by atoms with Crippen LogP contribution < -0.4 is 21.5 Å². The van der Waals surface area contributed by atoms with Crippen molar-refractivity contribution in [1.82, 2.24) is 34.0 Å². The van der Waals surface area contributed by atoms with E-state index in [2.05, 4.69) is 17.2 Å². The van der Waals surface area contributed by atoms with Gasteiger partial charge in [0.05, 0.1) is 24.3 Å². The van der Waals surface area contributed by atoms with Gasteiger partial charge in [0.15, 0.2) is 11.2 Å². The van der Waals surface area contributed by atoms with Gasteiger partial charge in [-0.25, -0.2) is 19.6 Å². The van der Waals surface area contributed by atoms with Gasteiger partial charge in [0.2, 0.25) is 5.95 Å². The SMILES string of the molecule is CC#CCn1c(N2CCCC(NC(=O)OC(C)(C)C)C2)nc2c1c(=O)n(Cc1nc(-c3ccccc3)c3ccccc3n1)c(=O)n2C. The van der Waals surface area contributed by atoms with E-state index in [1.165, 1.54) is 4.57 Å². The van der Waals surface area contributed by atoms with Crippen molar-refractivity contribution >= 4 is 34.1 Å². The monoisotopic (exact) mass is 634 g/mol. The molecule has 1 N–H and O–H groups in total. The number of para-hydroxylation sites is 1. The Balaban J connectivity index is 1.42. The zero-order valence-electron chi connectivity index (χ0n) is 27.3. The first-order valence-electron chi connectivity index (χ1n) is 15.7. The number of carbonyl (C=O) groups is 1. The minimum Gasteiger partial charge on any atom is -0.444 e. The highest BCUT2D eigenvalue weighted by Crippen LogP contribution is 2.27. The number of hydrogen-bond acceptors (Lipinski definition) is 8. The van der Waals surface area contributed by atoms with E-state index < -0.39 is 22.9 Å². The third kappa shape index (κ3) is 6.47. The number of piperidine rings is 1. The van der Waals surface area contributed by atoms with Crippen LogP contribution in [0.4, 0.5) is 10.7 Å². The summed E-state index contributed by atoms with van der Waals surface area (Å²) in [5.41, 5.74) is 1.23. The number of aromatic nitrogens is 6. The van der Waals surface area contributed by atoms with E-state index in [-0.39, 0.29) is 30.3 Å². The number of imidazole rings is 1. The summed E-state index contributed by atoms with van der Waals surface area (Å²) >= 11 is 0. The fraction of sp³-hybridized carbons (Fsp3) is 0.371. The number of nitrogens with zero attached hydrogens (tertiary/aromatic N) is 7. The Morgan fingerprint density at radius 2 is 1.77 bits per heavy atom. The molecular formula is C35H38N8O4. The molecule has 0 spiro atoms. The van der Waals surface area contributed by atoms with Gasteiger partial charge in [-0.3, -0.25) is 18.5 Å². The molecule has 1 atom stereocenters. The van der Waals surface area contributed by atoms with Crippen molar-refractivity contribution in [2.45, 2.75) is 65.3 Å². The van der Waals surface area contributed by atoms with Crippen LogP contribution >= 0.6 is 0 Å². The third-order valence-electron chi connectivity index (χ3n) is 8.05. The molecule has 5 aromatic rings. The second-order valence-corrected chi connectivity index (χ2v) is 12.6. The van der Waals surface area contributed by atoms with Crippen LogP contribution in [-0.2, 0) is 24.9 Å². The summed E-state index contributed by atoms with van der Waals surface area (Å²) in [5, 5.41) is 3.84. The first-order chi connectivity index (χ1) is 22.5. The predicted molar refractivity (Wildman–Crippen MR) is 181 cm³/mol. The molecule has 4 heterocycles. The molecule has 1 aliphatic rings. The quantitative estimate of drug-likeness (QED) is 0.277. The average molecular weight is 635 g/mol. The molecule has 2 aromatic carbocycles. The molecule has 47 heavy (non-hydrogen) atoms. The number of nitrogens with one attached hydrogen (secondary N) is 1. The van der Waals surface area contributed by atoms with Crippen molar-refractivity contribution in [3.05, 3.63) is 81.3 Å². The Kier molecular flexibility index (Phi) is 8.56. The molecule has 12 nitrogen and oxygen atoms in total. The van der Waals surface area contributed by atoms with E-state index in [1.54, 1.807) is 18.5 Å². The maximum atomic E-state index is 14.2. The number of rotatable bonds is 6. The van der Waals surface area contributed by atoms with Crippen LogP contribution in [0.5, 0.6) is 0 Å². The lowest BCUT2D eigenvalue weighted by Crippen LogP contribution is -2.49. The lowest BCUT2D eigenvalue weighted by Gasteiger charge is -2.34. The number of ether oxygens (including phenoxy) is 1. The summed E-state index contributed by atoms with van der Waals surface area (Å²) in [4.78, 5) is 56.9. The Morgan fingerprint density at radius 3 is 2.51 bits per heavy atom. The van der Waals surface area contributed by atoms with Crippen LogP contribution in [0.25, 0.3) is 33.3 Å². The summed E-state index contributed by atoms with van der Waals surface area (Å²) in [6, 6.07) is 17.3. The van der Waals surface area contributed by atoms with Crippen LogP contribution in [0.2, 0.25) is 0 Å². The maximum Gasteiger partial charge on any atom is 0.407 e. The average Bonchev–Trinajstić information content (AvgIpc) is 3.44. The molecule has 242 valence electrons. The minimum atomic E-state index is -0.614. The summed E-state index contributed by atoms with van der Waals surface area (Å²) in [7, 11) is 1.60. The van der Waals surface area contributed by atoms with Gasteiger partial charge in [-0.15, -0.1) is 5.92 Å². The fourth-order valence-electron chi connectivity index (χ4n) is 5.95. The van der Waals surface area contributed by atoms with Crippen molar-refractivity contribution in [2.75, 3.05) is 18.0 Å². The molecule has 0 saturated carbocycles. The van der Waals surface area contributed by atoms with Gasteiger partial charge >= 0.3 is 11.8 Å². The summed E-state index contributed by atoms with van der Waals surface area (Å²) in [6.45, 7) is 8.38. The fourth-order valence-corrected chi connectivity index (χ4v) is 5.95. The van der Waals surface area contributed by atoms with Gasteiger partial charge in [-0.2, -0.15) is 4.98 Å². The molecule has 1 unspecified atom stereocenters. The molecule has 0 bridgehead atoms. The van der Waals surface area contributed by atoms with Crippen LogP contribution in [0, 0.1) is 11.8 Å². The van der Waals surface area contributed by atoms with E-state index in [0.29, 0.717) is 30.4 Å². The smallest absolute Gasteiger partial charge is 0.407 e. The van der Waals surface area contributed by atoms with Crippen molar-refractivity contribution < 1.29 is 9.53 Å². The van der Waals surface area contributed by atoms with Gasteiger partial charge in [0, 0.05) is 37.1 Å². The molecule has 0 aliphatic carbocycles. The molecule has 0 radical (unpaired) electrons. The minimum absolute atomic E-state index is 0.127. The van der Waals surface area contributed by atoms with Crippen LogP contribution in [-0.4, -0.2) is 59.5 Å². The van der Waals surface area contributed by atoms with E-state index in [0.717, 1.165) is 34.1 Å². The highest BCUT2D eigenvalue weighted by atomic mass is 16.6. The number of alkyl carbamates (subject to hydrolysis) is 1. The lowest BCUT2D eigenvalue weighted by molar-refractivity contribution is 0.0499. The number of aryl methyl sites for hydroxylation is 1. The Morgan fingerprint density at radius 1 is 1.02 bits per heavy atom. The number of hydrogen-bond donors (Lipinski definition) is 1. The number of amides is 1. The summed E-state index contributed by atoms with van der Waals surface area (Å²) in [5.74, 6) is 6.82. The van der Waals surface area contributed by atoms with E-state index in [1.807, 2.05) is 80.3 Å². The van der Waals surface area contributed by atoms with Crippen molar-refractivity contribution in [2.24, 2.45) is 7.05 Å². The second-order valence-electron chi connectivity index (χ2n) is 12.6. The number of carbonyl (C=O) groups excluding carboxylic acids is 1. The Hall–Kier alpha value is -5.44. The molecule has 1 amide bonds. The number of benzene rings is 2. The van der Waals surface area contributed by atoms with Gasteiger partial charge in [0.1, 0.15) is 11.4 Å². The highest BCUT2D eigenvalue weighted by molar-refractivity contribution is 5.92. The first kappa shape index (κ1) is 31.5. The molecular weight excluding hydrogens is 596 g/mol. The van der Waals surface area contributed by atoms with Crippen molar-refractivity contribution in [3.63, 3.8) is 0 Å². The van der Waals surface area contributed by atoms with Gasteiger partial charge in [-0.1, -0.05) is 54.5 Å². The molecule has 1 saturated heterocycles. The normalized spacial score (nSPS) is 15.0. The molecule has 1 aliphatic heterocycles. The van der Waals surface area contributed by atoms with Gasteiger partial charge < -0.3 is 15.0 Å². The van der Waals surface area contributed by atoms with Gasteiger partial charge in [0.25, 0.3) is 5.56 Å². The maximum absolute atomic E-state index is 14.2. The zero-order chi connectivity index (χ0) is 33.3. The molecule has 1 fully saturated rings. The summed E-state index contributed by atoms with van der Waals surface area (Å²) < 4.78 is 9.77. The molecule has 6 rings (SSSR count). The van der Waals surface area contributed by atoms with Crippen LogP contribution in [0.3, 0.4) is 0 Å². The Labute approximate surface area is 272 Å². The topological polar surface area (TPSA) is 129 Å². The number of fused-ring (bicyclic) bond motifs is 2. The van der Waals surface area contributed by atoms with Crippen LogP contribution in [0.1, 0.15) is 46.4 Å². The van der Waals surface area contributed by atoms with E-state index in [4.69, 9.17) is 19.7 Å². The van der Waals surface area contributed by atoms with Crippen molar-refractivity contribution in [1.29, 1.82) is 0 Å². The highest BCUT2D eigenvalue weighted by Gasteiger charge is 2.29. The lowest BCUT2D eigenvalue weighted by atomic mass is 10.1. The van der Waals surface area contributed by atoms with E-state index >= 15 is 0 Å². The first-order valence-corrected chi connectivity index (χ1v) is 15.7. The Bertz CT molecular complexity index is 2150. The predicted octanol–water partition coefficient (Wildman–Crippen LogP) is 4.07. The van der Waals surface area contributed by atoms with Gasteiger partial charge in [-0.05, 0) is 46.6 Å². The van der Waals surface area contributed by atoms with Crippen molar-refractivity contribution in [3.8, 4) is 23.1 Å². The zero-order valence-corrected chi connectivity index (χ0v) is 27.3.